The van der Waals surface area contributed by atoms with Gasteiger partial charge >= 0.3 is 0 Å². The van der Waals surface area contributed by atoms with E-state index in [0.29, 0.717) is 11.8 Å². The number of hydrogen-bond acceptors (Lipinski definition) is 5. The van der Waals surface area contributed by atoms with E-state index in [-0.39, 0.29) is 30.5 Å². The van der Waals surface area contributed by atoms with Crippen LogP contribution in [0.25, 0.3) is 21.0 Å². The second-order valence-corrected chi connectivity index (χ2v) is 7.74. The fourth-order valence-electron chi connectivity index (χ4n) is 3.30. The smallest absolute Gasteiger partial charge is 0.287 e. The van der Waals surface area contributed by atoms with Gasteiger partial charge in [-0.1, -0.05) is 25.0 Å². The van der Waals surface area contributed by atoms with Gasteiger partial charge in [-0.05, 0) is 37.1 Å². The van der Waals surface area contributed by atoms with Gasteiger partial charge in [-0.3, -0.25) is 9.59 Å². The lowest BCUT2D eigenvalue weighted by Crippen LogP contribution is -2.35. The van der Waals surface area contributed by atoms with Crippen molar-refractivity contribution >= 4 is 33.4 Å². The van der Waals surface area contributed by atoms with Gasteiger partial charge in [0.1, 0.15) is 0 Å². The minimum absolute atomic E-state index is 0.0168. The molecule has 0 bridgehead atoms. The summed E-state index contributed by atoms with van der Waals surface area (Å²) >= 11 is 1.52. The molecule has 2 N–H and O–H groups in total. The summed E-state index contributed by atoms with van der Waals surface area (Å²) < 4.78 is 6.73. The van der Waals surface area contributed by atoms with Crippen molar-refractivity contribution in [1.29, 1.82) is 0 Å². The molecule has 6 nitrogen and oxygen atoms in total. The number of nitrogens with zero attached hydrogens (tertiary/aromatic N) is 1. The fourth-order valence-corrected chi connectivity index (χ4v) is 4.23. The number of aromatic nitrogens is 1. The van der Waals surface area contributed by atoms with Crippen LogP contribution in [0.5, 0.6) is 0 Å². The van der Waals surface area contributed by atoms with Crippen molar-refractivity contribution in [3.05, 3.63) is 42.2 Å². The zero-order chi connectivity index (χ0) is 18.6. The van der Waals surface area contributed by atoms with Gasteiger partial charge in [-0.2, -0.15) is 0 Å². The number of thiazole rings is 1. The molecule has 0 spiro atoms. The van der Waals surface area contributed by atoms with E-state index >= 15 is 0 Å². The van der Waals surface area contributed by atoms with E-state index in [1.54, 1.807) is 12.1 Å². The second-order valence-electron chi connectivity index (χ2n) is 6.71. The average molecular weight is 383 g/mol. The highest BCUT2D eigenvalue weighted by Crippen LogP contribution is 2.31. The Bertz CT molecular complexity index is 923. The molecule has 0 saturated heterocycles. The standard InChI is InChI=1S/C20H21N3O3S/c24-18(22-13-5-1-2-6-13)11-12-21-19(25)15-9-10-16(26-15)20-23-14-7-3-4-8-17(14)27-20/h3-4,7-10,13H,1-2,5-6,11-12H2,(H,21,25)(H,22,24). The Hall–Kier alpha value is -2.67. The van der Waals surface area contributed by atoms with Gasteiger partial charge in [0.25, 0.3) is 5.91 Å². The number of nitrogens with one attached hydrogen (secondary N) is 2. The van der Waals surface area contributed by atoms with Gasteiger partial charge < -0.3 is 15.1 Å². The van der Waals surface area contributed by atoms with Gasteiger partial charge in [-0.15, -0.1) is 11.3 Å². The number of furan rings is 1. The largest absolute Gasteiger partial charge is 0.448 e. The number of carbonyl (C=O) groups is 2. The predicted molar refractivity (Wildman–Crippen MR) is 105 cm³/mol. The molecule has 7 heteroatoms. The first-order chi connectivity index (χ1) is 13.2. The minimum Gasteiger partial charge on any atom is -0.448 e. The summed E-state index contributed by atoms with van der Waals surface area (Å²) in [5.74, 6) is 0.452. The zero-order valence-electron chi connectivity index (χ0n) is 14.9. The minimum atomic E-state index is -0.323. The Morgan fingerprint density at radius 2 is 1.96 bits per heavy atom. The van der Waals surface area contributed by atoms with Crippen molar-refractivity contribution in [3.8, 4) is 10.8 Å². The second kappa shape index (κ2) is 7.92. The molecule has 0 unspecified atom stereocenters. The lowest BCUT2D eigenvalue weighted by Gasteiger charge is -2.11. The van der Waals surface area contributed by atoms with Crippen LogP contribution in [-0.4, -0.2) is 29.4 Å². The number of fused-ring (bicyclic) bond motifs is 1. The first-order valence-corrected chi connectivity index (χ1v) is 10.0. The van der Waals surface area contributed by atoms with E-state index in [4.69, 9.17) is 4.42 Å². The molecular weight excluding hydrogens is 362 g/mol. The van der Waals surface area contributed by atoms with Crippen LogP contribution in [0.1, 0.15) is 42.7 Å². The van der Waals surface area contributed by atoms with E-state index in [9.17, 15) is 9.59 Å². The normalized spacial score (nSPS) is 14.5. The third-order valence-corrected chi connectivity index (χ3v) is 5.74. The third-order valence-electron chi connectivity index (χ3n) is 4.69. The molecule has 3 aromatic rings. The van der Waals surface area contributed by atoms with Crippen molar-refractivity contribution in [2.24, 2.45) is 0 Å². The Kier molecular flexibility index (Phi) is 5.20. The molecule has 2 aromatic heterocycles. The van der Waals surface area contributed by atoms with Crippen molar-refractivity contribution in [2.45, 2.75) is 38.1 Å². The highest BCUT2D eigenvalue weighted by molar-refractivity contribution is 7.21. The van der Waals surface area contributed by atoms with Gasteiger partial charge in [-0.25, -0.2) is 4.98 Å². The SMILES string of the molecule is O=C(CCNC(=O)c1ccc(-c2nc3ccccc3s2)o1)NC1CCCC1. The summed E-state index contributed by atoms with van der Waals surface area (Å²) in [5.41, 5.74) is 0.910. The third kappa shape index (κ3) is 4.19. The lowest BCUT2D eigenvalue weighted by molar-refractivity contribution is -0.121. The molecule has 1 aromatic carbocycles. The van der Waals surface area contributed by atoms with Crippen molar-refractivity contribution in [3.63, 3.8) is 0 Å². The van der Waals surface area contributed by atoms with Crippen LogP contribution >= 0.6 is 11.3 Å². The summed E-state index contributed by atoms with van der Waals surface area (Å²) in [6, 6.07) is 11.5. The molecule has 0 aliphatic heterocycles. The van der Waals surface area contributed by atoms with Crippen LogP contribution in [0.15, 0.2) is 40.8 Å². The van der Waals surface area contributed by atoms with Crippen molar-refractivity contribution in [2.75, 3.05) is 6.54 Å². The van der Waals surface area contributed by atoms with E-state index in [0.717, 1.165) is 28.1 Å². The summed E-state index contributed by atoms with van der Waals surface area (Å²) in [7, 11) is 0. The number of para-hydroxylation sites is 1. The lowest BCUT2D eigenvalue weighted by atomic mass is 10.2. The quantitative estimate of drug-likeness (QED) is 0.679. The molecule has 140 valence electrons. The van der Waals surface area contributed by atoms with Crippen LogP contribution in [0.4, 0.5) is 0 Å². The molecule has 1 fully saturated rings. The van der Waals surface area contributed by atoms with E-state index < -0.39 is 0 Å². The maximum absolute atomic E-state index is 12.2. The van der Waals surface area contributed by atoms with Crippen molar-refractivity contribution in [1.82, 2.24) is 15.6 Å². The topological polar surface area (TPSA) is 84.2 Å². The average Bonchev–Trinajstić information content (AvgIpc) is 3.41. The van der Waals surface area contributed by atoms with Gasteiger partial charge in [0.15, 0.2) is 16.5 Å². The molecule has 27 heavy (non-hydrogen) atoms. The molecule has 0 atom stereocenters. The maximum Gasteiger partial charge on any atom is 0.287 e. The predicted octanol–water partition coefficient (Wildman–Crippen LogP) is 3.74. The fraction of sp³-hybridized carbons (Fsp3) is 0.350. The number of carbonyl (C=O) groups excluding carboxylic acids is 2. The van der Waals surface area contributed by atoms with Gasteiger partial charge in [0, 0.05) is 19.0 Å². The van der Waals surface area contributed by atoms with E-state index in [1.165, 1.54) is 24.2 Å². The van der Waals surface area contributed by atoms with E-state index in [2.05, 4.69) is 15.6 Å². The molecule has 2 heterocycles. The highest BCUT2D eigenvalue weighted by atomic mass is 32.1. The Balaban J connectivity index is 1.31. The van der Waals surface area contributed by atoms with Crippen LogP contribution in [-0.2, 0) is 4.79 Å². The molecule has 1 saturated carbocycles. The Labute approximate surface area is 161 Å². The molecule has 1 aliphatic rings. The maximum atomic E-state index is 12.2. The number of benzene rings is 1. The van der Waals surface area contributed by atoms with Crippen LogP contribution < -0.4 is 10.6 Å². The molecule has 1 aliphatic carbocycles. The van der Waals surface area contributed by atoms with E-state index in [1.807, 2.05) is 24.3 Å². The molecular formula is C20H21N3O3S. The number of rotatable bonds is 6. The first kappa shape index (κ1) is 17.7. The van der Waals surface area contributed by atoms with Gasteiger partial charge in [0.2, 0.25) is 5.91 Å². The summed E-state index contributed by atoms with van der Waals surface area (Å²) in [5, 5.41) is 6.49. The summed E-state index contributed by atoms with van der Waals surface area (Å²) in [6.07, 6.45) is 4.74. The Morgan fingerprint density at radius 1 is 1.15 bits per heavy atom. The van der Waals surface area contributed by atoms with Crippen molar-refractivity contribution < 1.29 is 14.0 Å². The monoisotopic (exact) mass is 383 g/mol. The van der Waals surface area contributed by atoms with Crippen LogP contribution in [0, 0.1) is 0 Å². The molecule has 0 radical (unpaired) electrons. The first-order valence-electron chi connectivity index (χ1n) is 9.22. The highest BCUT2D eigenvalue weighted by Gasteiger charge is 2.18. The number of amides is 2. The summed E-state index contributed by atoms with van der Waals surface area (Å²) in [6.45, 7) is 0.286. The Morgan fingerprint density at radius 3 is 2.78 bits per heavy atom. The summed E-state index contributed by atoms with van der Waals surface area (Å²) in [4.78, 5) is 28.7. The zero-order valence-corrected chi connectivity index (χ0v) is 15.7. The number of hydrogen-bond donors (Lipinski definition) is 2. The molecule has 2 amide bonds. The molecule has 4 rings (SSSR count). The van der Waals surface area contributed by atoms with Crippen LogP contribution in [0.2, 0.25) is 0 Å². The van der Waals surface area contributed by atoms with Crippen LogP contribution in [0.3, 0.4) is 0 Å². The van der Waals surface area contributed by atoms with Gasteiger partial charge in [0.05, 0.1) is 10.2 Å².